The molecule has 6 nitrogen and oxygen atoms in total. The lowest BCUT2D eigenvalue weighted by molar-refractivity contribution is -0.176. The van der Waals surface area contributed by atoms with E-state index in [4.69, 9.17) is 5.73 Å². The Bertz CT molecular complexity index is 844. The number of ether oxygens (including phenoxy) is 1. The topological polar surface area (TPSA) is 79.6 Å². The maximum Gasteiger partial charge on any atom is 0.411 e. The lowest BCUT2D eigenvalue weighted by Crippen LogP contribution is -2.57. The standard InChI is InChI=1S/C18H18F4N4O2/c19-14-6-4-13(5-7-14)18(16(23)27)24-11-26(25-18)15-3-1-2-12(8-15)9-28-10-17(20,21)22/h1-8,24-25H,9-11H2,(H2,23,27). The fourth-order valence-corrected chi connectivity index (χ4v) is 2.88. The molecule has 0 radical (unpaired) electrons. The molecular weight excluding hydrogens is 380 g/mol. The summed E-state index contributed by atoms with van der Waals surface area (Å²) in [5, 5.41) is 4.56. The Morgan fingerprint density at radius 3 is 2.57 bits per heavy atom. The highest BCUT2D eigenvalue weighted by Gasteiger charge is 2.44. The summed E-state index contributed by atoms with van der Waals surface area (Å²) in [6.07, 6.45) is -4.39. The summed E-state index contributed by atoms with van der Waals surface area (Å²) in [4.78, 5) is 12.1. The van der Waals surface area contributed by atoms with Crippen LogP contribution in [0, 0.1) is 5.82 Å². The van der Waals surface area contributed by atoms with Crippen LogP contribution in [-0.4, -0.2) is 25.4 Å². The molecule has 2 aromatic carbocycles. The van der Waals surface area contributed by atoms with Gasteiger partial charge < -0.3 is 10.5 Å². The quantitative estimate of drug-likeness (QED) is 0.650. The highest BCUT2D eigenvalue weighted by molar-refractivity contribution is 5.86. The predicted molar refractivity (Wildman–Crippen MR) is 93.0 cm³/mol. The van der Waals surface area contributed by atoms with Gasteiger partial charge in [0, 0.05) is 0 Å². The van der Waals surface area contributed by atoms with Gasteiger partial charge in [0.05, 0.1) is 19.0 Å². The van der Waals surface area contributed by atoms with Crippen molar-refractivity contribution in [2.75, 3.05) is 18.3 Å². The van der Waals surface area contributed by atoms with E-state index in [2.05, 4.69) is 15.5 Å². The third-order valence-electron chi connectivity index (χ3n) is 4.21. The van der Waals surface area contributed by atoms with Gasteiger partial charge in [0.15, 0.2) is 5.66 Å². The maximum atomic E-state index is 13.2. The monoisotopic (exact) mass is 398 g/mol. The van der Waals surface area contributed by atoms with Crippen molar-refractivity contribution >= 4 is 11.6 Å². The van der Waals surface area contributed by atoms with E-state index in [0.717, 1.165) is 0 Å². The number of alkyl halides is 3. The third-order valence-corrected chi connectivity index (χ3v) is 4.21. The van der Waals surface area contributed by atoms with Crippen molar-refractivity contribution in [1.29, 1.82) is 0 Å². The molecule has 28 heavy (non-hydrogen) atoms. The van der Waals surface area contributed by atoms with Gasteiger partial charge in [-0.15, -0.1) is 0 Å². The largest absolute Gasteiger partial charge is 0.411 e. The Hall–Kier alpha value is -2.69. The second-order valence-corrected chi connectivity index (χ2v) is 6.27. The summed E-state index contributed by atoms with van der Waals surface area (Å²) in [5.74, 6) is -1.17. The smallest absolute Gasteiger partial charge is 0.367 e. The van der Waals surface area contributed by atoms with Crippen LogP contribution in [0.2, 0.25) is 0 Å². The molecule has 0 aliphatic carbocycles. The Morgan fingerprint density at radius 1 is 1.21 bits per heavy atom. The lowest BCUT2D eigenvalue weighted by atomic mass is 10.00. The minimum absolute atomic E-state index is 0.174. The van der Waals surface area contributed by atoms with Crippen molar-refractivity contribution in [1.82, 2.24) is 10.7 Å². The number of rotatable bonds is 6. The number of nitrogens with zero attached hydrogens (tertiary/aromatic N) is 1. The number of hydrazine groups is 1. The first kappa shape index (κ1) is 20.1. The molecule has 0 aromatic heterocycles. The zero-order valence-electron chi connectivity index (χ0n) is 14.6. The normalized spacial score (nSPS) is 19.8. The van der Waals surface area contributed by atoms with E-state index in [-0.39, 0.29) is 13.3 Å². The van der Waals surface area contributed by atoms with Gasteiger partial charge in [-0.1, -0.05) is 24.3 Å². The van der Waals surface area contributed by atoms with E-state index in [1.165, 1.54) is 24.3 Å². The van der Waals surface area contributed by atoms with Crippen LogP contribution in [0.15, 0.2) is 48.5 Å². The fraction of sp³-hybridized carbons (Fsp3) is 0.278. The molecule has 3 rings (SSSR count). The SMILES string of the molecule is NC(=O)C1(c2ccc(F)cc2)NCN(c2cccc(COCC(F)(F)F)c2)N1. The number of hydrogen-bond acceptors (Lipinski definition) is 5. The van der Waals surface area contributed by atoms with Crippen molar-refractivity contribution in [2.24, 2.45) is 5.73 Å². The number of carbonyl (C=O) groups excluding carboxylic acids is 1. The van der Waals surface area contributed by atoms with Gasteiger partial charge in [0.25, 0.3) is 5.91 Å². The maximum absolute atomic E-state index is 13.2. The van der Waals surface area contributed by atoms with Crippen LogP contribution < -0.4 is 21.5 Å². The van der Waals surface area contributed by atoms with Crippen LogP contribution in [0.4, 0.5) is 23.2 Å². The summed E-state index contributed by atoms with van der Waals surface area (Å²) < 4.78 is 54.5. The minimum atomic E-state index is -4.39. The highest BCUT2D eigenvalue weighted by Crippen LogP contribution is 2.26. The van der Waals surface area contributed by atoms with E-state index in [1.807, 2.05) is 0 Å². The number of primary amides is 1. The highest BCUT2D eigenvalue weighted by atomic mass is 19.4. The summed E-state index contributed by atoms with van der Waals surface area (Å²) in [6, 6.07) is 11.9. The van der Waals surface area contributed by atoms with Crippen LogP contribution in [0.5, 0.6) is 0 Å². The average Bonchev–Trinajstić information content (AvgIpc) is 3.08. The number of anilines is 1. The number of nitrogens with two attached hydrogens (primary N) is 1. The zero-order chi connectivity index (χ0) is 20.4. The fourth-order valence-electron chi connectivity index (χ4n) is 2.88. The first-order chi connectivity index (χ1) is 13.2. The van der Waals surface area contributed by atoms with Crippen LogP contribution in [0.25, 0.3) is 0 Å². The van der Waals surface area contributed by atoms with Gasteiger partial charge in [0.2, 0.25) is 0 Å². The average molecular weight is 398 g/mol. The second-order valence-electron chi connectivity index (χ2n) is 6.27. The number of halogens is 4. The summed E-state index contributed by atoms with van der Waals surface area (Å²) in [5.41, 5.74) is 8.63. The lowest BCUT2D eigenvalue weighted by Gasteiger charge is -2.28. The van der Waals surface area contributed by atoms with Crippen LogP contribution in [0.3, 0.4) is 0 Å². The molecular formula is C18H18F4N4O2. The minimum Gasteiger partial charge on any atom is -0.367 e. The molecule has 2 aromatic rings. The van der Waals surface area contributed by atoms with Crippen molar-refractivity contribution in [3.63, 3.8) is 0 Å². The van der Waals surface area contributed by atoms with E-state index in [1.54, 1.807) is 29.3 Å². The van der Waals surface area contributed by atoms with Gasteiger partial charge in [-0.3, -0.25) is 15.1 Å². The zero-order valence-corrected chi connectivity index (χ0v) is 14.6. The third kappa shape index (κ3) is 4.41. The van der Waals surface area contributed by atoms with Gasteiger partial charge in [0.1, 0.15) is 12.4 Å². The summed E-state index contributed by atoms with van der Waals surface area (Å²) in [6.45, 7) is -1.38. The molecule has 0 spiro atoms. The van der Waals surface area contributed by atoms with Crippen LogP contribution in [-0.2, 0) is 21.8 Å². The molecule has 1 unspecified atom stereocenters. The molecule has 0 saturated carbocycles. The number of carbonyl (C=O) groups is 1. The first-order valence-corrected chi connectivity index (χ1v) is 8.29. The summed E-state index contributed by atoms with van der Waals surface area (Å²) >= 11 is 0. The Kier molecular flexibility index (Phi) is 5.54. The molecule has 4 N–H and O–H groups in total. The molecule has 150 valence electrons. The van der Waals surface area contributed by atoms with Gasteiger partial charge >= 0.3 is 6.18 Å². The second kappa shape index (κ2) is 7.74. The van der Waals surface area contributed by atoms with Crippen molar-refractivity contribution in [2.45, 2.75) is 18.4 Å². The number of amides is 1. The predicted octanol–water partition coefficient (Wildman–Crippen LogP) is 2.11. The van der Waals surface area contributed by atoms with Crippen molar-refractivity contribution < 1.29 is 27.1 Å². The Balaban J connectivity index is 1.76. The number of hydrogen-bond donors (Lipinski definition) is 3. The van der Waals surface area contributed by atoms with Crippen LogP contribution in [0.1, 0.15) is 11.1 Å². The van der Waals surface area contributed by atoms with E-state index >= 15 is 0 Å². The van der Waals surface area contributed by atoms with Crippen molar-refractivity contribution in [3.8, 4) is 0 Å². The number of nitrogens with one attached hydrogen (secondary N) is 2. The van der Waals surface area contributed by atoms with Gasteiger partial charge in [-0.25, -0.2) is 4.39 Å². The van der Waals surface area contributed by atoms with Gasteiger partial charge in [-0.05, 0) is 35.4 Å². The molecule has 1 heterocycles. The van der Waals surface area contributed by atoms with Gasteiger partial charge in [-0.2, -0.15) is 18.6 Å². The molecule has 10 heteroatoms. The molecule has 1 atom stereocenters. The molecule has 1 aliphatic rings. The molecule has 1 aliphatic heterocycles. The Labute approximate surface area is 158 Å². The van der Waals surface area contributed by atoms with Crippen molar-refractivity contribution in [3.05, 3.63) is 65.5 Å². The molecule has 1 fully saturated rings. The Morgan fingerprint density at radius 2 is 1.93 bits per heavy atom. The van der Waals surface area contributed by atoms with Crippen LogP contribution >= 0.6 is 0 Å². The number of benzene rings is 2. The molecule has 1 saturated heterocycles. The van der Waals surface area contributed by atoms with E-state index in [0.29, 0.717) is 16.8 Å². The first-order valence-electron chi connectivity index (χ1n) is 8.29. The van der Waals surface area contributed by atoms with E-state index in [9.17, 15) is 22.4 Å². The molecule has 0 bridgehead atoms. The van der Waals surface area contributed by atoms with E-state index < -0.39 is 30.2 Å². The molecule has 1 amide bonds. The summed E-state index contributed by atoms with van der Waals surface area (Å²) in [7, 11) is 0.